The molecule has 2 rings (SSSR count). The van der Waals surface area contributed by atoms with E-state index in [4.69, 9.17) is 0 Å². The molecule has 4 nitrogen and oxygen atoms in total. The van der Waals surface area contributed by atoms with Gasteiger partial charge in [-0.3, -0.25) is 4.72 Å². The number of halogens is 3. The standard InChI is InChI=1S/C15H14F3NO3S2/c1-9-10(2)14(20)13(23-11-6-4-3-5-7-11)8-12(9)19-24(21,22)15(16,17)18/h3-8,19-20H,1-2H3. The van der Waals surface area contributed by atoms with E-state index in [1.165, 1.54) is 19.9 Å². The van der Waals surface area contributed by atoms with Crippen molar-refractivity contribution < 1.29 is 26.7 Å². The first kappa shape index (κ1) is 18.5. The summed E-state index contributed by atoms with van der Waals surface area (Å²) in [7, 11) is -5.53. The number of anilines is 1. The molecule has 0 aliphatic heterocycles. The molecule has 0 radical (unpaired) electrons. The minimum Gasteiger partial charge on any atom is -0.506 e. The fraction of sp³-hybridized carbons (Fsp3) is 0.200. The van der Waals surface area contributed by atoms with Crippen LogP contribution in [-0.2, 0) is 10.0 Å². The number of hydrogen-bond acceptors (Lipinski definition) is 4. The number of benzene rings is 2. The lowest BCUT2D eigenvalue weighted by molar-refractivity contribution is -0.0429. The summed E-state index contributed by atoms with van der Waals surface area (Å²) < 4.78 is 61.9. The molecule has 0 bridgehead atoms. The largest absolute Gasteiger partial charge is 0.516 e. The van der Waals surface area contributed by atoms with Crippen LogP contribution in [0, 0.1) is 13.8 Å². The maximum atomic E-state index is 12.6. The molecule has 0 saturated heterocycles. The molecule has 0 aliphatic rings. The molecule has 0 aliphatic carbocycles. The first-order valence-corrected chi connectivity index (χ1v) is 8.98. The molecular formula is C15H14F3NO3S2. The molecule has 24 heavy (non-hydrogen) atoms. The number of rotatable bonds is 4. The van der Waals surface area contributed by atoms with Gasteiger partial charge >= 0.3 is 15.5 Å². The molecule has 0 heterocycles. The zero-order chi connectivity index (χ0) is 18.1. The van der Waals surface area contributed by atoms with Crippen LogP contribution in [0.25, 0.3) is 0 Å². The van der Waals surface area contributed by atoms with E-state index in [2.05, 4.69) is 0 Å². The number of alkyl halides is 3. The van der Waals surface area contributed by atoms with Crippen LogP contribution >= 0.6 is 11.8 Å². The number of nitrogens with one attached hydrogen (secondary N) is 1. The molecule has 0 fully saturated rings. The predicted molar refractivity (Wildman–Crippen MR) is 86.7 cm³/mol. The van der Waals surface area contributed by atoms with Crippen LogP contribution < -0.4 is 4.72 Å². The topological polar surface area (TPSA) is 66.4 Å². The van der Waals surface area contributed by atoms with Crippen LogP contribution in [0.4, 0.5) is 18.9 Å². The minimum atomic E-state index is -5.53. The van der Waals surface area contributed by atoms with Gasteiger partial charge in [0.05, 0.1) is 10.6 Å². The van der Waals surface area contributed by atoms with Gasteiger partial charge in [-0.1, -0.05) is 30.0 Å². The van der Waals surface area contributed by atoms with Gasteiger partial charge in [0.25, 0.3) is 0 Å². The second kappa shape index (κ2) is 6.56. The molecule has 0 amide bonds. The quantitative estimate of drug-likeness (QED) is 0.774. The Hall–Kier alpha value is -1.87. The summed E-state index contributed by atoms with van der Waals surface area (Å²) in [5.74, 6) is -0.101. The van der Waals surface area contributed by atoms with Crippen molar-refractivity contribution in [1.82, 2.24) is 0 Å². The Morgan fingerprint density at radius 1 is 1.08 bits per heavy atom. The normalized spacial score (nSPS) is 12.2. The average Bonchev–Trinajstić information content (AvgIpc) is 2.49. The van der Waals surface area contributed by atoms with Gasteiger partial charge < -0.3 is 5.11 Å². The monoisotopic (exact) mass is 377 g/mol. The lowest BCUT2D eigenvalue weighted by Crippen LogP contribution is -2.30. The van der Waals surface area contributed by atoms with E-state index in [1.807, 2.05) is 0 Å². The van der Waals surface area contributed by atoms with Gasteiger partial charge in [-0.25, -0.2) is 0 Å². The van der Waals surface area contributed by atoms with Crippen LogP contribution in [-0.4, -0.2) is 19.0 Å². The van der Waals surface area contributed by atoms with Crippen molar-refractivity contribution in [2.45, 2.75) is 29.1 Å². The van der Waals surface area contributed by atoms with Gasteiger partial charge in [-0.05, 0) is 43.2 Å². The SMILES string of the molecule is Cc1c(NS(=O)(=O)C(F)(F)F)cc(Sc2ccccc2)c(O)c1C. The highest BCUT2D eigenvalue weighted by Gasteiger charge is 2.46. The van der Waals surface area contributed by atoms with Crippen LogP contribution in [0.2, 0.25) is 0 Å². The maximum Gasteiger partial charge on any atom is 0.516 e. The summed E-state index contributed by atoms with van der Waals surface area (Å²) in [6.45, 7) is 2.94. The second-order valence-corrected chi connectivity index (χ2v) is 7.78. The molecule has 9 heteroatoms. The van der Waals surface area contributed by atoms with Crippen LogP contribution in [0.3, 0.4) is 0 Å². The predicted octanol–water partition coefficient (Wildman–Crippen LogP) is 4.42. The Morgan fingerprint density at radius 3 is 2.21 bits per heavy atom. The molecule has 2 aromatic rings. The number of aromatic hydroxyl groups is 1. The lowest BCUT2D eigenvalue weighted by atomic mass is 10.1. The van der Waals surface area contributed by atoms with E-state index in [0.717, 1.165) is 16.7 Å². The van der Waals surface area contributed by atoms with Crippen molar-refractivity contribution in [2.24, 2.45) is 0 Å². The van der Waals surface area contributed by atoms with Gasteiger partial charge in [-0.15, -0.1) is 0 Å². The zero-order valence-electron chi connectivity index (χ0n) is 12.7. The number of hydrogen-bond donors (Lipinski definition) is 2. The van der Waals surface area contributed by atoms with E-state index in [0.29, 0.717) is 5.56 Å². The third-order valence-electron chi connectivity index (χ3n) is 3.35. The highest BCUT2D eigenvalue weighted by Crippen LogP contribution is 2.41. The fourth-order valence-corrected chi connectivity index (χ4v) is 3.47. The molecule has 0 saturated carbocycles. The van der Waals surface area contributed by atoms with Crippen LogP contribution in [0.1, 0.15) is 11.1 Å². The Labute approximate surface area is 141 Å². The Morgan fingerprint density at radius 2 is 1.67 bits per heavy atom. The van der Waals surface area contributed by atoms with Crippen molar-refractivity contribution in [3.05, 3.63) is 47.5 Å². The summed E-state index contributed by atoms with van der Waals surface area (Å²) >= 11 is 1.12. The minimum absolute atomic E-state index is 0.101. The van der Waals surface area contributed by atoms with Crippen molar-refractivity contribution in [2.75, 3.05) is 4.72 Å². The third-order valence-corrected chi connectivity index (χ3v) is 5.49. The Balaban J connectivity index is 2.47. The second-order valence-electron chi connectivity index (χ2n) is 4.99. The van der Waals surface area contributed by atoms with Gasteiger partial charge in [0, 0.05) is 4.90 Å². The summed E-state index contributed by atoms with van der Waals surface area (Å²) in [4.78, 5) is 1.00. The Kier molecular flexibility index (Phi) is 5.05. The zero-order valence-corrected chi connectivity index (χ0v) is 14.3. The molecular weight excluding hydrogens is 363 g/mol. The van der Waals surface area contributed by atoms with Gasteiger partial charge in [0.1, 0.15) is 5.75 Å². The molecule has 0 aromatic heterocycles. The summed E-state index contributed by atoms with van der Waals surface area (Å²) in [5, 5.41) is 10.2. The molecule has 2 aromatic carbocycles. The maximum absolute atomic E-state index is 12.6. The number of sulfonamides is 1. The van der Waals surface area contributed by atoms with E-state index in [-0.39, 0.29) is 21.9 Å². The van der Waals surface area contributed by atoms with Gasteiger partial charge in [0.15, 0.2) is 0 Å². The summed E-state index contributed by atoms with van der Waals surface area (Å²) in [6.07, 6.45) is 0. The Bertz CT molecular complexity index is 851. The molecule has 0 spiro atoms. The lowest BCUT2D eigenvalue weighted by Gasteiger charge is -2.17. The average molecular weight is 377 g/mol. The number of phenols is 1. The van der Waals surface area contributed by atoms with Gasteiger partial charge in [0.2, 0.25) is 0 Å². The van der Waals surface area contributed by atoms with Crippen molar-refractivity contribution >= 4 is 27.5 Å². The fourth-order valence-electron chi connectivity index (χ4n) is 1.87. The molecule has 2 N–H and O–H groups in total. The smallest absolute Gasteiger partial charge is 0.506 e. The molecule has 0 atom stereocenters. The number of phenolic OH excluding ortho intramolecular Hbond substituents is 1. The highest BCUT2D eigenvalue weighted by atomic mass is 32.2. The van der Waals surface area contributed by atoms with Crippen LogP contribution in [0.15, 0.2) is 46.2 Å². The molecule has 130 valence electrons. The highest BCUT2D eigenvalue weighted by molar-refractivity contribution is 7.99. The summed E-state index contributed by atoms with van der Waals surface area (Å²) in [6, 6.07) is 10.1. The first-order chi connectivity index (χ1) is 11.0. The van der Waals surface area contributed by atoms with Crippen molar-refractivity contribution in [1.29, 1.82) is 0 Å². The summed E-state index contributed by atoms with van der Waals surface area (Å²) in [5.41, 5.74) is -5.12. The van der Waals surface area contributed by atoms with E-state index in [9.17, 15) is 26.7 Å². The third kappa shape index (κ3) is 3.78. The van der Waals surface area contributed by atoms with Gasteiger partial charge in [-0.2, -0.15) is 21.6 Å². The van der Waals surface area contributed by atoms with Crippen molar-refractivity contribution in [3.8, 4) is 5.75 Å². The van der Waals surface area contributed by atoms with E-state index >= 15 is 0 Å². The first-order valence-electron chi connectivity index (χ1n) is 6.68. The van der Waals surface area contributed by atoms with Crippen molar-refractivity contribution in [3.63, 3.8) is 0 Å². The van der Waals surface area contributed by atoms with E-state index in [1.54, 1.807) is 35.1 Å². The van der Waals surface area contributed by atoms with E-state index < -0.39 is 15.5 Å². The molecule has 0 unspecified atom stereocenters. The van der Waals surface area contributed by atoms with Crippen LogP contribution in [0.5, 0.6) is 5.75 Å².